The molecule has 0 aliphatic heterocycles. The third-order valence-corrected chi connectivity index (χ3v) is 3.41. The first-order chi connectivity index (χ1) is 6.70. The van der Waals surface area contributed by atoms with E-state index in [2.05, 4.69) is 15.9 Å². The van der Waals surface area contributed by atoms with Crippen LogP contribution in [0.15, 0.2) is 21.5 Å². The predicted molar refractivity (Wildman–Crippen MR) is 58.4 cm³/mol. The van der Waals surface area contributed by atoms with E-state index in [9.17, 15) is 4.39 Å². The molecule has 0 spiro atoms. The molecular weight excluding hydrogens is 271 g/mol. The van der Waals surface area contributed by atoms with Crippen LogP contribution in [0.4, 0.5) is 4.39 Å². The summed E-state index contributed by atoms with van der Waals surface area (Å²) in [5, 5.41) is 0. The summed E-state index contributed by atoms with van der Waals surface area (Å²) in [6.45, 7) is 0.151. The van der Waals surface area contributed by atoms with Gasteiger partial charge in [0.05, 0.1) is 9.37 Å². The number of hydrogen-bond acceptors (Lipinski definition) is 3. The second-order valence-corrected chi connectivity index (χ2v) is 4.05. The van der Waals surface area contributed by atoms with Crippen LogP contribution in [0.25, 0.3) is 0 Å². The van der Waals surface area contributed by atoms with E-state index in [0.29, 0.717) is 15.1 Å². The molecular formula is C9H10BrFO2S. The molecule has 0 saturated heterocycles. The van der Waals surface area contributed by atoms with Crippen molar-refractivity contribution in [2.24, 2.45) is 0 Å². The Morgan fingerprint density at radius 2 is 2.21 bits per heavy atom. The largest absolute Gasteiger partial charge is 0.466 e. The van der Waals surface area contributed by atoms with Crippen LogP contribution in [0.1, 0.15) is 0 Å². The van der Waals surface area contributed by atoms with Crippen molar-refractivity contribution in [1.82, 2.24) is 0 Å². The van der Waals surface area contributed by atoms with Crippen LogP contribution in [0.5, 0.6) is 5.75 Å². The molecule has 0 radical (unpaired) electrons. The van der Waals surface area contributed by atoms with Gasteiger partial charge in [0, 0.05) is 7.11 Å². The highest BCUT2D eigenvalue weighted by Crippen LogP contribution is 2.36. The normalized spacial score (nSPS) is 10.3. The van der Waals surface area contributed by atoms with Crippen molar-refractivity contribution in [1.29, 1.82) is 0 Å². The molecule has 2 nitrogen and oxygen atoms in total. The minimum absolute atomic E-state index is 0.151. The minimum atomic E-state index is -0.255. The van der Waals surface area contributed by atoms with E-state index in [1.54, 1.807) is 6.07 Å². The van der Waals surface area contributed by atoms with E-state index in [1.165, 1.54) is 24.9 Å². The fraction of sp³-hybridized carbons (Fsp3) is 0.333. The molecule has 0 aromatic heterocycles. The number of hydrogen-bond donors (Lipinski definition) is 0. The lowest BCUT2D eigenvalue weighted by Gasteiger charge is -2.09. The summed E-state index contributed by atoms with van der Waals surface area (Å²) < 4.78 is 23.8. The fourth-order valence-corrected chi connectivity index (χ4v) is 2.40. The number of thioether (sulfide) groups is 1. The number of ether oxygens (including phenoxy) is 2. The van der Waals surface area contributed by atoms with Crippen molar-refractivity contribution < 1.29 is 13.9 Å². The van der Waals surface area contributed by atoms with E-state index >= 15 is 0 Å². The second kappa shape index (κ2) is 5.58. The lowest BCUT2D eigenvalue weighted by Crippen LogP contribution is -2.00. The van der Waals surface area contributed by atoms with E-state index < -0.39 is 0 Å². The van der Waals surface area contributed by atoms with Gasteiger partial charge in [-0.05, 0) is 34.3 Å². The van der Waals surface area contributed by atoms with Crippen LogP contribution in [-0.4, -0.2) is 20.2 Å². The summed E-state index contributed by atoms with van der Waals surface area (Å²) in [6, 6.07) is 2.94. The van der Waals surface area contributed by atoms with E-state index in [0.717, 1.165) is 0 Å². The van der Waals surface area contributed by atoms with Crippen LogP contribution < -0.4 is 4.74 Å². The van der Waals surface area contributed by atoms with Crippen molar-refractivity contribution in [2.75, 3.05) is 20.2 Å². The van der Waals surface area contributed by atoms with Crippen molar-refractivity contribution in [3.63, 3.8) is 0 Å². The van der Waals surface area contributed by atoms with Gasteiger partial charge in [-0.15, -0.1) is 11.8 Å². The molecule has 0 fully saturated rings. The number of halogens is 2. The summed E-state index contributed by atoms with van der Waals surface area (Å²) in [5.74, 6) is 0.326. The van der Waals surface area contributed by atoms with Gasteiger partial charge in [0.1, 0.15) is 11.6 Å². The monoisotopic (exact) mass is 280 g/mol. The van der Waals surface area contributed by atoms with Crippen molar-refractivity contribution >= 4 is 27.7 Å². The lowest BCUT2D eigenvalue weighted by molar-refractivity contribution is 0.0503. The summed E-state index contributed by atoms with van der Waals surface area (Å²) in [6.07, 6.45) is 1.81. The number of rotatable bonds is 4. The first-order valence-electron chi connectivity index (χ1n) is 3.84. The molecule has 0 aliphatic carbocycles. The van der Waals surface area contributed by atoms with E-state index in [4.69, 9.17) is 9.47 Å². The lowest BCUT2D eigenvalue weighted by atomic mass is 10.3. The molecule has 0 heterocycles. The topological polar surface area (TPSA) is 18.5 Å². The molecule has 0 amide bonds. The molecule has 1 aromatic rings. The van der Waals surface area contributed by atoms with Gasteiger partial charge in [0.15, 0.2) is 6.79 Å². The number of methoxy groups -OCH3 is 1. The third kappa shape index (κ3) is 2.62. The Morgan fingerprint density at radius 3 is 2.79 bits per heavy atom. The van der Waals surface area contributed by atoms with Gasteiger partial charge >= 0.3 is 0 Å². The molecule has 0 N–H and O–H groups in total. The molecule has 0 unspecified atom stereocenters. The smallest absolute Gasteiger partial charge is 0.188 e. The zero-order chi connectivity index (χ0) is 10.6. The first kappa shape index (κ1) is 11.8. The third-order valence-electron chi connectivity index (χ3n) is 1.55. The molecule has 1 aromatic carbocycles. The maximum Gasteiger partial charge on any atom is 0.188 e. The Hall–Kier alpha value is -0.260. The zero-order valence-electron chi connectivity index (χ0n) is 7.84. The van der Waals surface area contributed by atoms with E-state index in [-0.39, 0.29) is 12.6 Å². The molecule has 1 rings (SSSR count). The highest BCUT2D eigenvalue weighted by atomic mass is 79.9. The first-order valence-corrected chi connectivity index (χ1v) is 5.86. The van der Waals surface area contributed by atoms with Gasteiger partial charge in [0.2, 0.25) is 0 Å². The molecule has 5 heteroatoms. The van der Waals surface area contributed by atoms with Crippen molar-refractivity contribution in [3.05, 3.63) is 22.4 Å². The maximum atomic E-state index is 13.2. The van der Waals surface area contributed by atoms with Crippen LogP contribution >= 0.6 is 27.7 Å². The molecule has 14 heavy (non-hydrogen) atoms. The Labute approximate surface area is 94.9 Å². The summed E-state index contributed by atoms with van der Waals surface area (Å²) >= 11 is 4.61. The molecule has 0 bridgehead atoms. The molecule has 0 atom stereocenters. The Balaban J connectivity index is 2.96. The van der Waals surface area contributed by atoms with Crippen molar-refractivity contribution in [2.45, 2.75) is 4.90 Å². The van der Waals surface area contributed by atoms with Gasteiger partial charge in [-0.2, -0.15) is 0 Å². The van der Waals surface area contributed by atoms with Gasteiger partial charge < -0.3 is 9.47 Å². The minimum Gasteiger partial charge on any atom is -0.466 e. The zero-order valence-corrected chi connectivity index (χ0v) is 10.2. The second-order valence-electron chi connectivity index (χ2n) is 2.44. The van der Waals surface area contributed by atoms with E-state index in [1.807, 2.05) is 6.26 Å². The predicted octanol–water partition coefficient (Wildman–Crippen LogP) is 3.29. The van der Waals surface area contributed by atoms with Crippen LogP contribution in [0.3, 0.4) is 0 Å². The van der Waals surface area contributed by atoms with Gasteiger partial charge in [-0.3, -0.25) is 0 Å². The fourth-order valence-electron chi connectivity index (χ4n) is 0.935. The van der Waals surface area contributed by atoms with Crippen LogP contribution in [0, 0.1) is 5.82 Å². The highest BCUT2D eigenvalue weighted by Gasteiger charge is 2.11. The summed E-state index contributed by atoms with van der Waals surface area (Å²) in [5.41, 5.74) is 0. The summed E-state index contributed by atoms with van der Waals surface area (Å²) in [4.78, 5) is 0.540. The maximum absolute atomic E-state index is 13.2. The Morgan fingerprint density at radius 1 is 1.50 bits per heavy atom. The molecule has 0 aliphatic rings. The molecule has 78 valence electrons. The quantitative estimate of drug-likeness (QED) is 0.623. The highest BCUT2D eigenvalue weighted by molar-refractivity contribution is 9.10. The van der Waals surface area contributed by atoms with Gasteiger partial charge in [-0.25, -0.2) is 4.39 Å². The SMILES string of the molecule is COCOc1ccc(F)c(SC)c1Br. The summed E-state index contributed by atoms with van der Waals surface area (Å²) in [7, 11) is 1.53. The van der Waals surface area contributed by atoms with Gasteiger partial charge in [-0.1, -0.05) is 0 Å². The Bertz CT molecular complexity index is 320. The van der Waals surface area contributed by atoms with Crippen LogP contribution in [0.2, 0.25) is 0 Å². The average molecular weight is 281 g/mol. The Kier molecular flexibility index (Phi) is 4.71. The average Bonchev–Trinajstić information content (AvgIpc) is 2.18. The molecule has 0 saturated carbocycles. The van der Waals surface area contributed by atoms with Crippen molar-refractivity contribution in [3.8, 4) is 5.75 Å². The number of benzene rings is 1. The van der Waals surface area contributed by atoms with Gasteiger partial charge in [0.25, 0.3) is 0 Å². The van der Waals surface area contributed by atoms with Crippen LogP contribution in [-0.2, 0) is 4.74 Å². The standard InChI is InChI=1S/C9H10BrFO2S/c1-12-5-13-7-4-3-6(11)9(14-2)8(7)10/h3-4H,5H2,1-2H3.